The second-order valence-electron chi connectivity index (χ2n) is 5.81. The van der Waals surface area contributed by atoms with E-state index >= 15 is 0 Å². The third-order valence-electron chi connectivity index (χ3n) is 4.04. The summed E-state index contributed by atoms with van der Waals surface area (Å²) in [4.78, 5) is 16.8. The minimum Gasteiger partial charge on any atom is -0.493 e. The van der Waals surface area contributed by atoms with E-state index in [0.717, 1.165) is 5.56 Å². The van der Waals surface area contributed by atoms with E-state index in [-0.39, 0.29) is 5.91 Å². The van der Waals surface area contributed by atoms with Gasteiger partial charge in [-0.2, -0.15) is 5.10 Å². The molecule has 0 saturated carbocycles. The highest BCUT2D eigenvalue weighted by Gasteiger charge is 2.16. The van der Waals surface area contributed by atoms with Gasteiger partial charge in [-0.1, -0.05) is 6.07 Å². The maximum absolute atomic E-state index is 12.7. The highest BCUT2D eigenvalue weighted by molar-refractivity contribution is 6.05. The van der Waals surface area contributed by atoms with E-state index in [0.29, 0.717) is 41.9 Å². The minimum absolute atomic E-state index is 0.299. The zero-order chi connectivity index (χ0) is 19.9. The van der Waals surface area contributed by atoms with E-state index in [9.17, 15) is 4.79 Å². The van der Waals surface area contributed by atoms with Crippen LogP contribution in [0, 0.1) is 0 Å². The predicted octanol–water partition coefficient (Wildman–Crippen LogP) is 2.99. The quantitative estimate of drug-likeness (QED) is 0.644. The zero-order valence-corrected chi connectivity index (χ0v) is 16.0. The number of amides is 1. The van der Waals surface area contributed by atoms with Crippen LogP contribution in [0.1, 0.15) is 22.8 Å². The van der Waals surface area contributed by atoms with Crippen LogP contribution < -0.4 is 19.5 Å². The minimum atomic E-state index is -0.314. The second-order valence-corrected chi connectivity index (χ2v) is 5.81. The lowest BCUT2D eigenvalue weighted by Crippen LogP contribution is -2.17. The Morgan fingerprint density at radius 1 is 1.11 bits per heavy atom. The van der Waals surface area contributed by atoms with Crippen molar-refractivity contribution < 1.29 is 19.0 Å². The summed E-state index contributed by atoms with van der Waals surface area (Å²) < 4.78 is 17.7. The first-order valence-electron chi connectivity index (χ1n) is 8.78. The van der Waals surface area contributed by atoms with Crippen LogP contribution in [0.4, 0.5) is 5.82 Å². The molecule has 0 aliphatic carbocycles. The summed E-state index contributed by atoms with van der Waals surface area (Å²) in [7, 11) is 3.18. The molecule has 0 aliphatic rings. The van der Waals surface area contributed by atoms with Crippen molar-refractivity contribution in [1.29, 1.82) is 0 Å². The maximum atomic E-state index is 12.7. The Labute approximate surface area is 163 Å². The molecule has 0 bridgehead atoms. The number of hydrogen-bond acceptors (Lipinski definition) is 6. The van der Waals surface area contributed by atoms with Gasteiger partial charge in [-0.3, -0.25) is 4.79 Å². The van der Waals surface area contributed by atoms with Crippen molar-refractivity contribution in [3.05, 3.63) is 59.9 Å². The maximum Gasteiger partial charge on any atom is 0.262 e. The van der Waals surface area contributed by atoms with Crippen LogP contribution in [0.2, 0.25) is 0 Å². The first-order chi connectivity index (χ1) is 13.7. The number of nitrogens with one attached hydrogen (secondary N) is 1. The van der Waals surface area contributed by atoms with Crippen LogP contribution >= 0.6 is 0 Å². The highest BCUT2D eigenvalue weighted by Crippen LogP contribution is 2.28. The summed E-state index contributed by atoms with van der Waals surface area (Å²) in [6, 6.07) is 10.7. The Morgan fingerprint density at radius 3 is 2.68 bits per heavy atom. The summed E-state index contributed by atoms with van der Waals surface area (Å²) in [6.07, 6.45) is 3.21. The van der Waals surface area contributed by atoms with Crippen LogP contribution in [0.5, 0.6) is 17.4 Å². The fourth-order valence-electron chi connectivity index (χ4n) is 2.72. The van der Waals surface area contributed by atoms with Gasteiger partial charge in [0.25, 0.3) is 5.91 Å². The summed E-state index contributed by atoms with van der Waals surface area (Å²) in [5.74, 6) is 1.83. The Kier molecular flexibility index (Phi) is 6.11. The van der Waals surface area contributed by atoms with Crippen molar-refractivity contribution in [2.45, 2.75) is 13.5 Å². The van der Waals surface area contributed by atoms with Gasteiger partial charge in [0.05, 0.1) is 33.6 Å². The van der Waals surface area contributed by atoms with Gasteiger partial charge < -0.3 is 19.5 Å². The number of methoxy groups -OCH3 is 2. The molecule has 8 nitrogen and oxygen atoms in total. The normalized spacial score (nSPS) is 10.4. The van der Waals surface area contributed by atoms with Gasteiger partial charge in [-0.05, 0) is 36.8 Å². The molecule has 0 fully saturated rings. The number of pyridine rings is 1. The molecule has 1 aromatic carbocycles. The summed E-state index contributed by atoms with van der Waals surface area (Å²) in [5, 5.41) is 7.16. The topological polar surface area (TPSA) is 87.5 Å². The van der Waals surface area contributed by atoms with Crippen LogP contribution in [0.25, 0.3) is 0 Å². The SMILES string of the molecule is CCOc1ncccc1C(=O)Nc1ccnn1Cc1ccc(OC)c(OC)c1. The van der Waals surface area contributed by atoms with Crippen LogP contribution in [-0.4, -0.2) is 41.5 Å². The molecule has 3 aromatic rings. The van der Waals surface area contributed by atoms with Crippen molar-refractivity contribution in [3.63, 3.8) is 0 Å². The van der Waals surface area contributed by atoms with Gasteiger partial charge in [0.1, 0.15) is 11.4 Å². The lowest BCUT2D eigenvalue weighted by atomic mass is 10.2. The lowest BCUT2D eigenvalue weighted by molar-refractivity contribution is 0.102. The Balaban J connectivity index is 1.78. The first-order valence-corrected chi connectivity index (χ1v) is 8.78. The third-order valence-corrected chi connectivity index (χ3v) is 4.04. The number of nitrogens with zero attached hydrogens (tertiary/aromatic N) is 3. The summed E-state index contributed by atoms with van der Waals surface area (Å²) >= 11 is 0. The Bertz CT molecular complexity index is 955. The molecule has 1 N–H and O–H groups in total. The zero-order valence-electron chi connectivity index (χ0n) is 16.0. The van der Waals surface area contributed by atoms with Crippen LogP contribution in [0.15, 0.2) is 48.8 Å². The van der Waals surface area contributed by atoms with E-state index in [2.05, 4.69) is 15.4 Å². The highest BCUT2D eigenvalue weighted by atomic mass is 16.5. The monoisotopic (exact) mass is 382 g/mol. The molecule has 0 unspecified atom stereocenters. The number of carbonyl (C=O) groups excluding carboxylic acids is 1. The van der Waals surface area contributed by atoms with Gasteiger partial charge in [0.15, 0.2) is 11.5 Å². The van der Waals surface area contributed by atoms with E-state index in [1.807, 2.05) is 25.1 Å². The van der Waals surface area contributed by atoms with Crippen molar-refractivity contribution in [2.24, 2.45) is 0 Å². The molecule has 28 heavy (non-hydrogen) atoms. The van der Waals surface area contributed by atoms with E-state index in [1.165, 1.54) is 0 Å². The Hall–Kier alpha value is -3.55. The molecular weight excluding hydrogens is 360 g/mol. The fraction of sp³-hybridized carbons (Fsp3) is 0.250. The van der Waals surface area contributed by atoms with E-state index < -0.39 is 0 Å². The number of benzene rings is 1. The molecule has 0 spiro atoms. The molecule has 146 valence electrons. The molecule has 3 rings (SSSR count). The van der Waals surface area contributed by atoms with E-state index in [1.54, 1.807) is 49.5 Å². The second kappa shape index (κ2) is 8.90. The van der Waals surface area contributed by atoms with Crippen molar-refractivity contribution in [3.8, 4) is 17.4 Å². The molecule has 8 heteroatoms. The predicted molar refractivity (Wildman–Crippen MR) is 104 cm³/mol. The summed E-state index contributed by atoms with van der Waals surface area (Å²) in [5.41, 5.74) is 1.32. The van der Waals surface area contributed by atoms with Gasteiger partial charge in [0, 0.05) is 12.3 Å². The largest absolute Gasteiger partial charge is 0.493 e. The third kappa shape index (κ3) is 4.22. The Morgan fingerprint density at radius 2 is 1.93 bits per heavy atom. The molecule has 0 aliphatic heterocycles. The molecule has 0 radical (unpaired) electrons. The standard InChI is InChI=1S/C20H22N4O4/c1-4-28-20-15(6-5-10-21-20)19(25)23-18-9-11-22-24(18)13-14-7-8-16(26-2)17(12-14)27-3/h5-12H,4,13H2,1-3H3,(H,23,25). The number of anilines is 1. The van der Waals surface area contributed by atoms with Crippen LogP contribution in [-0.2, 0) is 6.54 Å². The van der Waals surface area contributed by atoms with E-state index in [4.69, 9.17) is 14.2 Å². The van der Waals surface area contributed by atoms with Crippen molar-refractivity contribution >= 4 is 11.7 Å². The molecule has 1 amide bonds. The molecule has 2 heterocycles. The average molecular weight is 382 g/mol. The van der Waals surface area contributed by atoms with Gasteiger partial charge in [-0.25, -0.2) is 9.67 Å². The lowest BCUT2D eigenvalue weighted by Gasteiger charge is -2.12. The first kappa shape index (κ1) is 19.2. The number of ether oxygens (including phenoxy) is 3. The van der Waals surface area contributed by atoms with Gasteiger partial charge in [0.2, 0.25) is 5.88 Å². The van der Waals surface area contributed by atoms with Gasteiger partial charge >= 0.3 is 0 Å². The number of hydrogen-bond donors (Lipinski definition) is 1. The molecule has 0 atom stereocenters. The number of aromatic nitrogens is 3. The smallest absolute Gasteiger partial charge is 0.262 e. The molecular formula is C20H22N4O4. The summed E-state index contributed by atoms with van der Waals surface area (Å²) in [6.45, 7) is 2.72. The van der Waals surface area contributed by atoms with Crippen molar-refractivity contribution in [1.82, 2.24) is 14.8 Å². The van der Waals surface area contributed by atoms with Crippen molar-refractivity contribution in [2.75, 3.05) is 26.1 Å². The number of carbonyl (C=O) groups is 1. The fourth-order valence-corrected chi connectivity index (χ4v) is 2.72. The number of rotatable bonds is 8. The average Bonchev–Trinajstić information content (AvgIpc) is 3.15. The van der Waals surface area contributed by atoms with Crippen LogP contribution in [0.3, 0.4) is 0 Å². The van der Waals surface area contributed by atoms with Gasteiger partial charge in [-0.15, -0.1) is 0 Å². The molecule has 2 aromatic heterocycles. The molecule has 0 saturated heterocycles.